The lowest BCUT2D eigenvalue weighted by molar-refractivity contribution is 0.0260. The summed E-state index contributed by atoms with van der Waals surface area (Å²) in [6.45, 7) is 11.8. The van der Waals surface area contributed by atoms with Crippen molar-refractivity contribution in [1.29, 1.82) is 0 Å². The van der Waals surface area contributed by atoms with Crippen LogP contribution in [-0.4, -0.2) is 49.5 Å². The normalized spacial score (nSPS) is 26.6. The van der Waals surface area contributed by atoms with Crippen molar-refractivity contribution in [2.24, 2.45) is 11.3 Å². The van der Waals surface area contributed by atoms with Gasteiger partial charge >= 0.3 is 0 Å². The van der Waals surface area contributed by atoms with Gasteiger partial charge in [0.25, 0.3) is 0 Å². The highest BCUT2D eigenvalue weighted by Crippen LogP contribution is 2.28. The molecule has 0 saturated carbocycles. The summed E-state index contributed by atoms with van der Waals surface area (Å²) in [5.74, 6) is 0.725. The van der Waals surface area contributed by atoms with Gasteiger partial charge in [0, 0.05) is 31.7 Å². The Bertz CT molecular complexity index is 208. The first-order valence-electron chi connectivity index (χ1n) is 6.97. The van der Waals surface area contributed by atoms with Crippen LogP contribution in [0.25, 0.3) is 0 Å². The molecule has 1 rings (SSSR count). The van der Waals surface area contributed by atoms with Crippen LogP contribution in [0.2, 0.25) is 0 Å². The molecule has 1 N–H and O–H groups in total. The number of ether oxygens (including phenoxy) is 1. The zero-order chi connectivity index (χ0) is 12.7. The second kappa shape index (κ2) is 7.34. The van der Waals surface area contributed by atoms with Gasteiger partial charge in [0.2, 0.25) is 0 Å². The Morgan fingerprint density at radius 2 is 2.12 bits per heavy atom. The molecule has 102 valence electrons. The standard InChI is InChI=1S/C14H29NO2/c1-13(2)5-9-17-10-8-15-7-4-6-14(3,11-15)12-16/h13,16H,4-12H2,1-3H3. The van der Waals surface area contributed by atoms with E-state index >= 15 is 0 Å². The zero-order valence-electron chi connectivity index (χ0n) is 11.7. The van der Waals surface area contributed by atoms with E-state index in [1.54, 1.807) is 0 Å². The van der Waals surface area contributed by atoms with E-state index in [0.29, 0.717) is 6.61 Å². The van der Waals surface area contributed by atoms with Crippen molar-refractivity contribution in [2.75, 3.05) is 39.5 Å². The molecule has 1 unspecified atom stereocenters. The number of nitrogens with zero attached hydrogens (tertiary/aromatic N) is 1. The molecule has 0 amide bonds. The van der Waals surface area contributed by atoms with Gasteiger partial charge in [-0.1, -0.05) is 20.8 Å². The average molecular weight is 243 g/mol. The van der Waals surface area contributed by atoms with Crippen molar-refractivity contribution in [3.05, 3.63) is 0 Å². The summed E-state index contributed by atoms with van der Waals surface area (Å²) in [7, 11) is 0. The minimum absolute atomic E-state index is 0.107. The highest BCUT2D eigenvalue weighted by Gasteiger charge is 2.29. The molecule has 17 heavy (non-hydrogen) atoms. The molecule has 1 atom stereocenters. The largest absolute Gasteiger partial charge is 0.396 e. The number of aliphatic hydroxyl groups is 1. The first-order valence-corrected chi connectivity index (χ1v) is 6.97. The Balaban J connectivity index is 2.11. The van der Waals surface area contributed by atoms with E-state index in [-0.39, 0.29) is 5.41 Å². The third-order valence-electron chi connectivity index (χ3n) is 3.63. The molecule has 0 aliphatic carbocycles. The monoisotopic (exact) mass is 243 g/mol. The van der Waals surface area contributed by atoms with Gasteiger partial charge in [-0.3, -0.25) is 0 Å². The Kier molecular flexibility index (Phi) is 6.45. The second-order valence-corrected chi connectivity index (χ2v) is 6.14. The van der Waals surface area contributed by atoms with Crippen LogP contribution in [0.5, 0.6) is 0 Å². The number of rotatable bonds is 7. The maximum Gasteiger partial charge on any atom is 0.0593 e. The summed E-state index contributed by atoms with van der Waals surface area (Å²) in [6, 6.07) is 0. The SMILES string of the molecule is CC(C)CCOCCN1CCCC(C)(CO)C1. The van der Waals surface area contributed by atoms with Gasteiger partial charge in [-0.25, -0.2) is 0 Å². The molecule has 3 nitrogen and oxygen atoms in total. The number of aliphatic hydroxyl groups excluding tert-OH is 1. The number of hydrogen-bond acceptors (Lipinski definition) is 3. The molecular weight excluding hydrogens is 214 g/mol. The molecular formula is C14H29NO2. The van der Waals surface area contributed by atoms with E-state index in [9.17, 15) is 5.11 Å². The van der Waals surface area contributed by atoms with Crippen molar-refractivity contribution in [3.8, 4) is 0 Å². The molecule has 0 aromatic carbocycles. The summed E-state index contributed by atoms with van der Waals surface area (Å²) in [5, 5.41) is 9.38. The lowest BCUT2D eigenvalue weighted by Gasteiger charge is -2.39. The Morgan fingerprint density at radius 3 is 2.76 bits per heavy atom. The Labute approximate surface area is 106 Å². The molecule has 0 spiro atoms. The second-order valence-electron chi connectivity index (χ2n) is 6.14. The Hall–Kier alpha value is -0.120. The maximum atomic E-state index is 9.38. The molecule has 1 saturated heterocycles. The molecule has 1 aliphatic rings. The highest BCUT2D eigenvalue weighted by molar-refractivity contribution is 4.82. The highest BCUT2D eigenvalue weighted by atomic mass is 16.5. The zero-order valence-corrected chi connectivity index (χ0v) is 11.7. The molecule has 0 radical (unpaired) electrons. The topological polar surface area (TPSA) is 32.7 Å². The molecule has 1 aliphatic heterocycles. The van der Waals surface area contributed by atoms with Crippen molar-refractivity contribution in [3.63, 3.8) is 0 Å². The van der Waals surface area contributed by atoms with Gasteiger partial charge < -0.3 is 14.7 Å². The first kappa shape index (κ1) is 14.9. The van der Waals surface area contributed by atoms with Crippen LogP contribution in [-0.2, 0) is 4.74 Å². The van der Waals surface area contributed by atoms with Crippen molar-refractivity contribution in [2.45, 2.75) is 40.0 Å². The van der Waals surface area contributed by atoms with Gasteiger partial charge in [-0.2, -0.15) is 0 Å². The van der Waals surface area contributed by atoms with Crippen LogP contribution in [0.4, 0.5) is 0 Å². The minimum Gasteiger partial charge on any atom is -0.396 e. The molecule has 0 aromatic rings. The molecule has 1 heterocycles. The van der Waals surface area contributed by atoms with Gasteiger partial charge in [0.15, 0.2) is 0 Å². The van der Waals surface area contributed by atoms with E-state index in [1.165, 1.54) is 6.42 Å². The fraction of sp³-hybridized carbons (Fsp3) is 1.00. The van der Waals surface area contributed by atoms with Crippen molar-refractivity contribution >= 4 is 0 Å². The van der Waals surface area contributed by atoms with Crippen molar-refractivity contribution < 1.29 is 9.84 Å². The van der Waals surface area contributed by atoms with E-state index in [2.05, 4.69) is 25.7 Å². The van der Waals surface area contributed by atoms with Gasteiger partial charge in [0.1, 0.15) is 0 Å². The third kappa shape index (κ3) is 5.84. The molecule has 1 fully saturated rings. The van der Waals surface area contributed by atoms with Gasteiger partial charge in [-0.15, -0.1) is 0 Å². The van der Waals surface area contributed by atoms with Crippen LogP contribution < -0.4 is 0 Å². The number of piperidine rings is 1. The summed E-state index contributed by atoms with van der Waals surface area (Å²) in [4.78, 5) is 2.43. The smallest absolute Gasteiger partial charge is 0.0593 e. The predicted molar refractivity (Wildman–Crippen MR) is 71.1 cm³/mol. The molecule has 3 heteroatoms. The number of hydrogen-bond donors (Lipinski definition) is 1. The van der Waals surface area contributed by atoms with E-state index in [4.69, 9.17) is 4.74 Å². The van der Waals surface area contributed by atoms with Crippen LogP contribution in [0.3, 0.4) is 0 Å². The fourth-order valence-electron chi connectivity index (χ4n) is 2.36. The maximum absolute atomic E-state index is 9.38. The summed E-state index contributed by atoms with van der Waals surface area (Å²) >= 11 is 0. The van der Waals surface area contributed by atoms with E-state index in [0.717, 1.165) is 51.6 Å². The molecule has 0 aromatic heterocycles. The lowest BCUT2D eigenvalue weighted by atomic mass is 9.83. The fourth-order valence-corrected chi connectivity index (χ4v) is 2.36. The minimum atomic E-state index is 0.107. The quantitative estimate of drug-likeness (QED) is 0.695. The third-order valence-corrected chi connectivity index (χ3v) is 3.63. The first-order chi connectivity index (χ1) is 8.06. The van der Waals surface area contributed by atoms with E-state index in [1.807, 2.05) is 0 Å². The predicted octanol–water partition coefficient (Wildman–Crippen LogP) is 2.14. The van der Waals surface area contributed by atoms with Gasteiger partial charge in [0.05, 0.1) is 6.61 Å². The van der Waals surface area contributed by atoms with Crippen LogP contribution in [0.15, 0.2) is 0 Å². The van der Waals surface area contributed by atoms with Gasteiger partial charge in [-0.05, 0) is 31.7 Å². The van der Waals surface area contributed by atoms with E-state index < -0.39 is 0 Å². The Morgan fingerprint density at radius 1 is 1.35 bits per heavy atom. The van der Waals surface area contributed by atoms with Crippen LogP contribution in [0, 0.1) is 11.3 Å². The molecule has 0 bridgehead atoms. The number of likely N-dealkylation sites (tertiary alicyclic amines) is 1. The lowest BCUT2D eigenvalue weighted by Crippen LogP contribution is -2.44. The van der Waals surface area contributed by atoms with Crippen LogP contribution in [0.1, 0.15) is 40.0 Å². The summed E-state index contributed by atoms with van der Waals surface area (Å²) in [5.41, 5.74) is 0.107. The average Bonchev–Trinajstić information content (AvgIpc) is 2.28. The summed E-state index contributed by atoms with van der Waals surface area (Å²) in [6.07, 6.45) is 3.49. The summed E-state index contributed by atoms with van der Waals surface area (Å²) < 4.78 is 5.64. The van der Waals surface area contributed by atoms with Crippen molar-refractivity contribution in [1.82, 2.24) is 4.90 Å². The van der Waals surface area contributed by atoms with Crippen LogP contribution >= 0.6 is 0 Å².